The van der Waals surface area contributed by atoms with Crippen LogP contribution < -0.4 is 5.32 Å². The standard InChI is InChI=1S/C12H16ClNO2/c1-9(14-7-6-12(15)16)8-10-2-4-11(13)5-3-10/h2-5,9,14H,6-8H2,1H3,(H,15,16). The van der Waals surface area contributed by atoms with Crippen molar-refractivity contribution in [2.45, 2.75) is 25.8 Å². The Morgan fingerprint density at radius 2 is 2.06 bits per heavy atom. The topological polar surface area (TPSA) is 49.3 Å². The molecule has 0 aliphatic carbocycles. The Balaban J connectivity index is 2.31. The molecule has 1 atom stereocenters. The molecular formula is C12H16ClNO2. The molecule has 16 heavy (non-hydrogen) atoms. The van der Waals surface area contributed by atoms with E-state index in [2.05, 4.69) is 5.32 Å². The van der Waals surface area contributed by atoms with E-state index in [-0.39, 0.29) is 12.5 Å². The van der Waals surface area contributed by atoms with Crippen molar-refractivity contribution in [1.82, 2.24) is 5.32 Å². The average molecular weight is 242 g/mol. The van der Waals surface area contributed by atoms with Crippen LogP contribution in [-0.2, 0) is 11.2 Å². The number of rotatable bonds is 6. The molecule has 2 N–H and O–H groups in total. The van der Waals surface area contributed by atoms with Gasteiger partial charge in [-0.3, -0.25) is 4.79 Å². The molecule has 0 aliphatic rings. The van der Waals surface area contributed by atoms with E-state index in [4.69, 9.17) is 16.7 Å². The summed E-state index contributed by atoms with van der Waals surface area (Å²) in [5.41, 5.74) is 1.19. The van der Waals surface area contributed by atoms with E-state index in [1.54, 1.807) is 0 Å². The fourth-order valence-corrected chi connectivity index (χ4v) is 1.60. The van der Waals surface area contributed by atoms with E-state index in [1.165, 1.54) is 5.56 Å². The third-order valence-electron chi connectivity index (χ3n) is 2.29. The first kappa shape index (κ1) is 13.0. The molecule has 0 saturated heterocycles. The Hall–Kier alpha value is -1.06. The summed E-state index contributed by atoms with van der Waals surface area (Å²) >= 11 is 5.79. The second-order valence-electron chi connectivity index (χ2n) is 3.83. The van der Waals surface area contributed by atoms with Crippen LogP contribution in [0.5, 0.6) is 0 Å². The number of carboxylic acid groups (broad SMARTS) is 1. The molecule has 1 aromatic rings. The van der Waals surface area contributed by atoms with Crippen molar-refractivity contribution in [1.29, 1.82) is 0 Å². The highest BCUT2D eigenvalue weighted by Crippen LogP contribution is 2.10. The molecule has 0 radical (unpaired) electrons. The van der Waals surface area contributed by atoms with Gasteiger partial charge in [-0.1, -0.05) is 23.7 Å². The van der Waals surface area contributed by atoms with Crippen LogP contribution in [0.4, 0.5) is 0 Å². The minimum atomic E-state index is -0.772. The zero-order chi connectivity index (χ0) is 12.0. The Bertz CT molecular complexity index is 337. The van der Waals surface area contributed by atoms with Gasteiger partial charge < -0.3 is 10.4 Å². The highest BCUT2D eigenvalue weighted by atomic mass is 35.5. The fraction of sp³-hybridized carbons (Fsp3) is 0.417. The molecule has 0 saturated carbocycles. The van der Waals surface area contributed by atoms with Crippen molar-refractivity contribution in [3.8, 4) is 0 Å². The molecule has 0 spiro atoms. The van der Waals surface area contributed by atoms with Crippen LogP contribution in [0.15, 0.2) is 24.3 Å². The maximum Gasteiger partial charge on any atom is 0.304 e. The Kier molecular flexibility index (Phi) is 5.29. The van der Waals surface area contributed by atoms with Crippen molar-refractivity contribution in [3.63, 3.8) is 0 Å². The van der Waals surface area contributed by atoms with Crippen LogP contribution in [-0.4, -0.2) is 23.7 Å². The molecule has 0 bridgehead atoms. The van der Waals surface area contributed by atoms with Crippen LogP contribution in [0.3, 0.4) is 0 Å². The molecule has 0 aromatic heterocycles. The minimum absolute atomic E-state index is 0.158. The summed E-state index contributed by atoms with van der Waals surface area (Å²) in [6, 6.07) is 7.96. The number of carboxylic acids is 1. The first-order valence-electron chi connectivity index (χ1n) is 5.27. The first-order valence-corrected chi connectivity index (χ1v) is 5.65. The van der Waals surface area contributed by atoms with Crippen LogP contribution in [0.2, 0.25) is 5.02 Å². The quantitative estimate of drug-likeness (QED) is 0.804. The Morgan fingerprint density at radius 1 is 1.44 bits per heavy atom. The summed E-state index contributed by atoms with van der Waals surface area (Å²) in [6.07, 6.45) is 1.03. The summed E-state index contributed by atoms with van der Waals surface area (Å²) < 4.78 is 0. The molecule has 4 heteroatoms. The summed E-state index contributed by atoms with van der Waals surface area (Å²) in [7, 11) is 0. The molecule has 1 rings (SSSR count). The summed E-state index contributed by atoms with van der Waals surface area (Å²) in [6.45, 7) is 2.54. The third-order valence-corrected chi connectivity index (χ3v) is 2.54. The normalized spacial score (nSPS) is 12.4. The Morgan fingerprint density at radius 3 is 2.62 bits per heavy atom. The molecule has 0 fully saturated rings. The lowest BCUT2D eigenvalue weighted by molar-refractivity contribution is -0.136. The first-order chi connectivity index (χ1) is 7.58. The Labute approximate surface area is 100 Å². The molecule has 0 aliphatic heterocycles. The summed E-state index contributed by atoms with van der Waals surface area (Å²) in [4.78, 5) is 10.3. The van der Waals surface area contributed by atoms with Gasteiger partial charge >= 0.3 is 5.97 Å². The molecule has 0 amide bonds. The summed E-state index contributed by atoms with van der Waals surface area (Å²) in [5.74, 6) is -0.772. The van der Waals surface area contributed by atoms with Gasteiger partial charge in [-0.05, 0) is 31.0 Å². The molecule has 3 nitrogen and oxygen atoms in total. The van der Waals surface area contributed by atoms with Gasteiger partial charge in [0.2, 0.25) is 0 Å². The van der Waals surface area contributed by atoms with Gasteiger partial charge in [0.1, 0.15) is 0 Å². The lowest BCUT2D eigenvalue weighted by Crippen LogP contribution is -2.30. The van der Waals surface area contributed by atoms with Crippen LogP contribution in [0, 0.1) is 0 Å². The van der Waals surface area contributed by atoms with Crippen molar-refractivity contribution in [2.75, 3.05) is 6.54 Å². The molecule has 88 valence electrons. The third kappa shape index (κ3) is 5.14. The highest BCUT2D eigenvalue weighted by molar-refractivity contribution is 6.30. The SMILES string of the molecule is CC(Cc1ccc(Cl)cc1)NCCC(=O)O. The van der Waals surface area contributed by atoms with Gasteiger partial charge in [-0.2, -0.15) is 0 Å². The molecule has 0 heterocycles. The van der Waals surface area contributed by atoms with Crippen LogP contribution in [0.25, 0.3) is 0 Å². The van der Waals surface area contributed by atoms with Gasteiger partial charge in [0.05, 0.1) is 6.42 Å². The van der Waals surface area contributed by atoms with E-state index in [9.17, 15) is 4.79 Å². The van der Waals surface area contributed by atoms with E-state index in [1.807, 2.05) is 31.2 Å². The fourth-order valence-electron chi connectivity index (χ4n) is 1.47. The number of carbonyl (C=O) groups is 1. The van der Waals surface area contributed by atoms with Gasteiger partial charge in [0.15, 0.2) is 0 Å². The van der Waals surface area contributed by atoms with Crippen molar-refractivity contribution >= 4 is 17.6 Å². The zero-order valence-electron chi connectivity index (χ0n) is 9.24. The highest BCUT2D eigenvalue weighted by Gasteiger charge is 2.04. The van der Waals surface area contributed by atoms with E-state index in [0.717, 1.165) is 11.4 Å². The number of hydrogen-bond acceptors (Lipinski definition) is 2. The van der Waals surface area contributed by atoms with Crippen LogP contribution >= 0.6 is 11.6 Å². The average Bonchev–Trinajstić information content (AvgIpc) is 2.21. The van der Waals surface area contributed by atoms with Crippen molar-refractivity contribution in [3.05, 3.63) is 34.9 Å². The predicted molar refractivity (Wildman–Crippen MR) is 64.9 cm³/mol. The smallest absolute Gasteiger partial charge is 0.304 e. The molecular weight excluding hydrogens is 226 g/mol. The van der Waals surface area contributed by atoms with Gasteiger partial charge in [0.25, 0.3) is 0 Å². The van der Waals surface area contributed by atoms with Gasteiger partial charge in [-0.15, -0.1) is 0 Å². The number of halogens is 1. The lowest BCUT2D eigenvalue weighted by atomic mass is 10.1. The van der Waals surface area contributed by atoms with E-state index >= 15 is 0 Å². The zero-order valence-corrected chi connectivity index (χ0v) is 10.00. The van der Waals surface area contributed by atoms with Crippen LogP contribution in [0.1, 0.15) is 18.9 Å². The predicted octanol–water partition coefficient (Wildman–Crippen LogP) is 2.34. The number of hydrogen-bond donors (Lipinski definition) is 2. The number of benzene rings is 1. The van der Waals surface area contributed by atoms with Gasteiger partial charge in [0, 0.05) is 17.6 Å². The van der Waals surface area contributed by atoms with Gasteiger partial charge in [-0.25, -0.2) is 0 Å². The van der Waals surface area contributed by atoms with E-state index < -0.39 is 5.97 Å². The van der Waals surface area contributed by atoms with Crippen molar-refractivity contribution < 1.29 is 9.90 Å². The second kappa shape index (κ2) is 6.51. The number of nitrogens with one attached hydrogen (secondary N) is 1. The monoisotopic (exact) mass is 241 g/mol. The minimum Gasteiger partial charge on any atom is -0.481 e. The molecule has 1 aromatic carbocycles. The lowest BCUT2D eigenvalue weighted by Gasteiger charge is -2.12. The van der Waals surface area contributed by atoms with Crippen molar-refractivity contribution in [2.24, 2.45) is 0 Å². The number of aliphatic carboxylic acids is 1. The second-order valence-corrected chi connectivity index (χ2v) is 4.27. The summed E-state index contributed by atoms with van der Waals surface area (Å²) in [5, 5.41) is 12.4. The largest absolute Gasteiger partial charge is 0.481 e. The maximum atomic E-state index is 10.3. The molecule has 1 unspecified atom stereocenters. The maximum absolute atomic E-state index is 10.3. The van der Waals surface area contributed by atoms with E-state index in [0.29, 0.717) is 6.54 Å².